The SMILES string of the molecule is COC(=O)c1ccc(NC(=O)CSc2nnc([C@@H](C)NC(=O)Cc3ccc(OC)cc3)n2C)cc1. The second-order valence-corrected chi connectivity index (χ2v) is 8.56. The molecule has 184 valence electrons. The Morgan fingerprint density at radius 2 is 1.69 bits per heavy atom. The van der Waals surface area contributed by atoms with Crippen LogP contribution in [0.25, 0.3) is 0 Å². The van der Waals surface area contributed by atoms with E-state index < -0.39 is 5.97 Å². The lowest BCUT2D eigenvalue weighted by atomic mass is 10.1. The first-order chi connectivity index (χ1) is 16.8. The van der Waals surface area contributed by atoms with Gasteiger partial charge in [0, 0.05) is 12.7 Å². The Morgan fingerprint density at radius 1 is 1.00 bits per heavy atom. The number of rotatable bonds is 10. The van der Waals surface area contributed by atoms with E-state index in [-0.39, 0.29) is 30.0 Å². The normalized spacial score (nSPS) is 11.4. The van der Waals surface area contributed by atoms with E-state index in [1.165, 1.54) is 18.9 Å². The summed E-state index contributed by atoms with van der Waals surface area (Å²) in [4.78, 5) is 36.3. The van der Waals surface area contributed by atoms with Gasteiger partial charge in [-0.3, -0.25) is 9.59 Å². The predicted molar refractivity (Wildman–Crippen MR) is 131 cm³/mol. The van der Waals surface area contributed by atoms with E-state index in [2.05, 4.69) is 25.6 Å². The van der Waals surface area contributed by atoms with E-state index in [9.17, 15) is 14.4 Å². The molecule has 2 aromatic carbocycles. The highest BCUT2D eigenvalue weighted by Crippen LogP contribution is 2.20. The first-order valence-corrected chi connectivity index (χ1v) is 11.7. The highest BCUT2D eigenvalue weighted by Gasteiger charge is 2.18. The van der Waals surface area contributed by atoms with Crippen LogP contribution >= 0.6 is 11.8 Å². The van der Waals surface area contributed by atoms with Gasteiger partial charge in [0.1, 0.15) is 5.75 Å². The molecule has 3 aromatic rings. The van der Waals surface area contributed by atoms with Crippen LogP contribution in [-0.2, 0) is 27.8 Å². The van der Waals surface area contributed by atoms with Crippen LogP contribution in [0, 0.1) is 0 Å². The minimum absolute atomic E-state index is 0.114. The van der Waals surface area contributed by atoms with E-state index in [1.807, 2.05) is 31.2 Å². The lowest BCUT2D eigenvalue weighted by molar-refractivity contribution is -0.121. The number of carbonyl (C=O) groups is 3. The second-order valence-electron chi connectivity index (χ2n) is 7.62. The fourth-order valence-corrected chi connectivity index (χ4v) is 3.97. The summed E-state index contributed by atoms with van der Waals surface area (Å²) in [6, 6.07) is 13.4. The minimum Gasteiger partial charge on any atom is -0.497 e. The largest absolute Gasteiger partial charge is 0.497 e. The van der Waals surface area contributed by atoms with Gasteiger partial charge in [0.25, 0.3) is 0 Å². The Bertz CT molecular complexity index is 1180. The first kappa shape index (κ1) is 25.8. The average molecular weight is 498 g/mol. The number of methoxy groups -OCH3 is 2. The van der Waals surface area contributed by atoms with Crippen LogP contribution in [-0.4, -0.2) is 52.5 Å². The molecule has 1 aromatic heterocycles. The summed E-state index contributed by atoms with van der Waals surface area (Å²) in [6.07, 6.45) is 0.231. The van der Waals surface area contributed by atoms with E-state index in [1.54, 1.807) is 43.0 Å². The number of aromatic nitrogens is 3. The highest BCUT2D eigenvalue weighted by atomic mass is 32.2. The smallest absolute Gasteiger partial charge is 0.337 e. The molecule has 2 amide bonds. The van der Waals surface area contributed by atoms with E-state index in [4.69, 9.17) is 4.74 Å². The van der Waals surface area contributed by atoms with Gasteiger partial charge in [-0.1, -0.05) is 23.9 Å². The van der Waals surface area contributed by atoms with Gasteiger partial charge in [-0.15, -0.1) is 10.2 Å². The topological polar surface area (TPSA) is 124 Å². The summed E-state index contributed by atoms with van der Waals surface area (Å²) in [5, 5.41) is 14.6. The van der Waals surface area contributed by atoms with Crippen LogP contribution in [0.4, 0.5) is 5.69 Å². The molecule has 35 heavy (non-hydrogen) atoms. The molecular formula is C24H27N5O5S. The van der Waals surface area contributed by atoms with Crippen molar-refractivity contribution in [2.75, 3.05) is 25.3 Å². The molecule has 0 aliphatic heterocycles. The lowest BCUT2D eigenvalue weighted by Gasteiger charge is -2.14. The molecule has 0 bridgehead atoms. The predicted octanol–water partition coefficient (Wildman–Crippen LogP) is 2.76. The molecule has 10 nitrogen and oxygen atoms in total. The molecule has 0 unspecified atom stereocenters. The number of thioether (sulfide) groups is 1. The first-order valence-electron chi connectivity index (χ1n) is 10.7. The van der Waals surface area contributed by atoms with Crippen LogP contribution in [0.5, 0.6) is 5.75 Å². The van der Waals surface area contributed by atoms with Crippen molar-refractivity contribution in [1.29, 1.82) is 0 Å². The van der Waals surface area contributed by atoms with Gasteiger partial charge in [0.05, 0.1) is 38.0 Å². The number of carbonyl (C=O) groups excluding carboxylic acids is 3. The molecule has 0 aliphatic rings. The number of amides is 2. The van der Waals surface area contributed by atoms with E-state index in [0.717, 1.165) is 11.3 Å². The summed E-state index contributed by atoms with van der Waals surface area (Å²) in [6.45, 7) is 1.83. The molecule has 0 aliphatic carbocycles. The molecular weight excluding hydrogens is 470 g/mol. The summed E-state index contributed by atoms with van der Waals surface area (Å²) in [5.41, 5.74) is 1.84. The van der Waals surface area contributed by atoms with Crippen molar-refractivity contribution in [2.24, 2.45) is 7.05 Å². The maximum Gasteiger partial charge on any atom is 0.337 e. The third-order valence-electron chi connectivity index (χ3n) is 5.08. The van der Waals surface area contributed by atoms with E-state index in [0.29, 0.717) is 22.2 Å². The molecule has 2 N–H and O–H groups in total. The van der Waals surface area contributed by atoms with Crippen molar-refractivity contribution in [2.45, 2.75) is 24.5 Å². The molecule has 1 atom stereocenters. The Morgan fingerprint density at radius 3 is 2.31 bits per heavy atom. The number of hydrogen-bond donors (Lipinski definition) is 2. The van der Waals surface area contributed by atoms with Gasteiger partial charge < -0.3 is 24.7 Å². The zero-order chi connectivity index (χ0) is 25.4. The fraction of sp³-hybridized carbons (Fsp3) is 0.292. The fourth-order valence-electron chi connectivity index (χ4n) is 3.25. The van der Waals surface area contributed by atoms with Gasteiger partial charge in [0.2, 0.25) is 11.8 Å². The summed E-state index contributed by atoms with van der Waals surface area (Å²) in [7, 11) is 4.69. The Labute approximate surface area is 207 Å². The van der Waals surface area contributed by atoms with Crippen molar-refractivity contribution in [1.82, 2.24) is 20.1 Å². The van der Waals surface area contributed by atoms with Gasteiger partial charge in [-0.2, -0.15) is 0 Å². The van der Waals surface area contributed by atoms with Crippen molar-refractivity contribution in [3.05, 3.63) is 65.5 Å². The van der Waals surface area contributed by atoms with Gasteiger partial charge in [-0.25, -0.2) is 4.79 Å². The number of nitrogens with one attached hydrogen (secondary N) is 2. The Hall–Kier alpha value is -3.86. The minimum atomic E-state index is -0.442. The summed E-state index contributed by atoms with van der Waals surface area (Å²) in [5.74, 6) is 0.612. The summed E-state index contributed by atoms with van der Waals surface area (Å²) >= 11 is 1.23. The quantitative estimate of drug-likeness (QED) is 0.324. The van der Waals surface area contributed by atoms with Crippen LogP contribution in [0.15, 0.2) is 53.7 Å². The van der Waals surface area contributed by atoms with Gasteiger partial charge in [0.15, 0.2) is 11.0 Å². The Kier molecular flexibility index (Phi) is 8.85. The second kappa shape index (κ2) is 12.0. The van der Waals surface area contributed by atoms with Crippen LogP contribution in [0.1, 0.15) is 34.7 Å². The Balaban J connectivity index is 1.50. The van der Waals surface area contributed by atoms with E-state index >= 15 is 0 Å². The van der Waals surface area contributed by atoms with Crippen molar-refractivity contribution in [3.8, 4) is 5.75 Å². The van der Waals surface area contributed by atoms with Crippen LogP contribution in [0.2, 0.25) is 0 Å². The third-order valence-corrected chi connectivity index (χ3v) is 6.10. The lowest BCUT2D eigenvalue weighted by Crippen LogP contribution is -2.29. The van der Waals surface area contributed by atoms with Crippen LogP contribution < -0.4 is 15.4 Å². The maximum atomic E-state index is 12.4. The average Bonchev–Trinajstić information content (AvgIpc) is 3.23. The standard InChI is InChI=1S/C24H27N5O5S/c1-15(25-20(30)13-16-5-11-19(33-3)12-6-16)22-27-28-24(29(22)2)35-14-21(31)26-18-9-7-17(8-10-18)23(32)34-4/h5-12,15H,13-14H2,1-4H3,(H,25,30)(H,26,31)/t15-/m1/s1. The molecule has 11 heteroatoms. The van der Waals surface area contributed by atoms with Crippen molar-refractivity contribution >= 4 is 35.2 Å². The summed E-state index contributed by atoms with van der Waals surface area (Å²) < 4.78 is 11.5. The van der Waals surface area contributed by atoms with Gasteiger partial charge in [-0.05, 0) is 48.9 Å². The number of hydrogen-bond acceptors (Lipinski definition) is 8. The zero-order valence-electron chi connectivity index (χ0n) is 19.9. The maximum absolute atomic E-state index is 12.4. The number of nitrogens with zero attached hydrogens (tertiary/aromatic N) is 3. The van der Waals surface area contributed by atoms with Gasteiger partial charge >= 0.3 is 5.97 Å². The molecule has 0 saturated carbocycles. The highest BCUT2D eigenvalue weighted by molar-refractivity contribution is 7.99. The monoisotopic (exact) mass is 497 g/mol. The number of anilines is 1. The van der Waals surface area contributed by atoms with Crippen molar-refractivity contribution in [3.63, 3.8) is 0 Å². The molecule has 0 saturated heterocycles. The third kappa shape index (κ3) is 7.06. The number of esters is 1. The number of benzene rings is 2. The molecule has 0 fully saturated rings. The number of ether oxygens (including phenoxy) is 2. The van der Waals surface area contributed by atoms with Crippen LogP contribution in [0.3, 0.4) is 0 Å². The molecule has 0 radical (unpaired) electrons. The van der Waals surface area contributed by atoms with Crippen molar-refractivity contribution < 1.29 is 23.9 Å². The zero-order valence-corrected chi connectivity index (χ0v) is 20.7. The molecule has 1 heterocycles. The molecule has 0 spiro atoms. The molecule has 3 rings (SSSR count).